The zero-order valence-electron chi connectivity index (χ0n) is 14.0. The van der Waals surface area contributed by atoms with Gasteiger partial charge in [-0.3, -0.25) is 9.59 Å². The van der Waals surface area contributed by atoms with Crippen molar-refractivity contribution in [3.8, 4) is 0 Å². The molecule has 2 fully saturated rings. The number of carbonyl (C=O) groups excluding carboxylic acids is 2. The van der Waals surface area contributed by atoms with Crippen LogP contribution < -0.4 is 10.6 Å². The maximum absolute atomic E-state index is 11.8. The van der Waals surface area contributed by atoms with Crippen LogP contribution in [-0.4, -0.2) is 67.5 Å². The van der Waals surface area contributed by atoms with Crippen LogP contribution in [0.2, 0.25) is 0 Å². The summed E-state index contributed by atoms with van der Waals surface area (Å²) in [6.45, 7) is 1.17. The van der Waals surface area contributed by atoms with E-state index in [0.717, 1.165) is 19.3 Å². The third-order valence-electron chi connectivity index (χ3n) is 4.32. The molecular formula is C15H27N3O4S2. The van der Waals surface area contributed by atoms with E-state index in [1.165, 1.54) is 28.9 Å². The van der Waals surface area contributed by atoms with Crippen LogP contribution in [0.4, 0.5) is 0 Å². The Hall–Kier alpha value is -0.800. The van der Waals surface area contributed by atoms with Gasteiger partial charge in [-0.2, -0.15) is 0 Å². The van der Waals surface area contributed by atoms with Gasteiger partial charge in [0.15, 0.2) is 0 Å². The highest BCUT2D eigenvalue weighted by Crippen LogP contribution is 2.17. The lowest BCUT2D eigenvalue weighted by molar-refractivity contribution is -0.119. The van der Waals surface area contributed by atoms with Crippen LogP contribution in [0.1, 0.15) is 38.5 Å². The first-order valence-electron chi connectivity index (χ1n) is 8.59. The molecule has 0 aromatic heterocycles. The number of hydrogen-bond donors (Lipinski definition) is 2. The minimum absolute atomic E-state index is 0.0147. The van der Waals surface area contributed by atoms with E-state index in [1.807, 2.05) is 0 Å². The number of nitrogens with one attached hydrogen (secondary N) is 2. The van der Waals surface area contributed by atoms with Crippen molar-refractivity contribution in [2.24, 2.45) is 0 Å². The standard InChI is InChI=1S/C15H27N3O4S2/c19-14(11-23-12-15(20)17-13-5-1-2-6-13)16-7-9-18-8-3-4-10-24(18,21)22/h13H,1-12H2,(H,16,19)(H,17,20). The molecule has 0 bridgehead atoms. The molecule has 1 saturated heterocycles. The minimum Gasteiger partial charge on any atom is -0.354 e. The summed E-state index contributed by atoms with van der Waals surface area (Å²) >= 11 is 1.28. The van der Waals surface area contributed by atoms with Gasteiger partial charge in [0.1, 0.15) is 0 Å². The molecule has 2 aliphatic rings. The van der Waals surface area contributed by atoms with Gasteiger partial charge in [0.2, 0.25) is 21.8 Å². The summed E-state index contributed by atoms with van der Waals surface area (Å²) in [5.41, 5.74) is 0. The van der Waals surface area contributed by atoms with E-state index >= 15 is 0 Å². The monoisotopic (exact) mass is 377 g/mol. The molecule has 1 aliphatic carbocycles. The number of carbonyl (C=O) groups is 2. The Morgan fingerprint density at radius 1 is 1.04 bits per heavy atom. The Morgan fingerprint density at radius 3 is 2.46 bits per heavy atom. The Morgan fingerprint density at radius 2 is 1.75 bits per heavy atom. The van der Waals surface area contributed by atoms with E-state index in [2.05, 4.69) is 10.6 Å². The summed E-state index contributed by atoms with van der Waals surface area (Å²) in [5, 5.41) is 5.70. The maximum Gasteiger partial charge on any atom is 0.230 e. The number of thioether (sulfide) groups is 1. The van der Waals surface area contributed by atoms with Crippen molar-refractivity contribution in [2.45, 2.75) is 44.6 Å². The summed E-state index contributed by atoms with van der Waals surface area (Å²) < 4.78 is 25.1. The van der Waals surface area contributed by atoms with Crippen LogP contribution in [0.15, 0.2) is 0 Å². The Kier molecular flexibility index (Phi) is 7.83. The lowest BCUT2D eigenvalue weighted by atomic mass is 10.2. The molecule has 2 rings (SSSR count). The van der Waals surface area contributed by atoms with Crippen LogP contribution in [0.3, 0.4) is 0 Å². The topological polar surface area (TPSA) is 95.6 Å². The van der Waals surface area contributed by atoms with Crippen molar-refractivity contribution >= 4 is 33.6 Å². The lowest BCUT2D eigenvalue weighted by Crippen LogP contribution is -2.42. The summed E-state index contributed by atoms with van der Waals surface area (Å²) in [6.07, 6.45) is 6.04. The normalized spacial score (nSPS) is 21.5. The molecule has 1 aliphatic heterocycles. The van der Waals surface area contributed by atoms with Gasteiger partial charge in [-0.15, -0.1) is 11.8 Å². The fourth-order valence-electron chi connectivity index (χ4n) is 3.04. The summed E-state index contributed by atoms with van der Waals surface area (Å²) in [7, 11) is -3.14. The second kappa shape index (κ2) is 9.62. The van der Waals surface area contributed by atoms with E-state index in [4.69, 9.17) is 0 Å². The SMILES string of the molecule is O=C(CSCC(=O)NC1CCCC1)NCCN1CCCCS1(=O)=O. The molecule has 0 radical (unpaired) electrons. The van der Waals surface area contributed by atoms with Gasteiger partial charge in [0, 0.05) is 25.7 Å². The van der Waals surface area contributed by atoms with E-state index in [9.17, 15) is 18.0 Å². The van der Waals surface area contributed by atoms with E-state index in [-0.39, 0.29) is 29.1 Å². The summed E-state index contributed by atoms with van der Waals surface area (Å²) in [6, 6.07) is 0.304. The van der Waals surface area contributed by atoms with Crippen LogP contribution >= 0.6 is 11.8 Å². The molecule has 1 saturated carbocycles. The largest absolute Gasteiger partial charge is 0.354 e. The van der Waals surface area contributed by atoms with Crippen molar-refractivity contribution in [3.63, 3.8) is 0 Å². The van der Waals surface area contributed by atoms with Crippen LogP contribution in [0.25, 0.3) is 0 Å². The predicted octanol–water partition coefficient (Wildman–Crippen LogP) is 0.320. The smallest absolute Gasteiger partial charge is 0.230 e. The number of hydrogen-bond acceptors (Lipinski definition) is 5. The average Bonchev–Trinajstić information content (AvgIpc) is 3.01. The van der Waals surface area contributed by atoms with Crippen molar-refractivity contribution in [1.82, 2.24) is 14.9 Å². The molecule has 0 aromatic rings. The van der Waals surface area contributed by atoms with Gasteiger partial charge in [0.25, 0.3) is 0 Å². The first-order valence-corrected chi connectivity index (χ1v) is 11.4. The second-order valence-electron chi connectivity index (χ2n) is 6.31. The average molecular weight is 378 g/mol. The molecule has 0 spiro atoms. The van der Waals surface area contributed by atoms with Gasteiger partial charge in [-0.1, -0.05) is 12.8 Å². The number of amides is 2. The maximum atomic E-state index is 11.8. The number of nitrogens with zero attached hydrogens (tertiary/aromatic N) is 1. The van der Waals surface area contributed by atoms with Crippen molar-refractivity contribution in [1.29, 1.82) is 0 Å². The van der Waals surface area contributed by atoms with Gasteiger partial charge in [-0.05, 0) is 25.7 Å². The van der Waals surface area contributed by atoms with Gasteiger partial charge in [0.05, 0.1) is 17.3 Å². The minimum atomic E-state index is -3.14. The third-order valence-corrected chi connectivity index (χ3v) is 7.21. The Balaban J connectivity index is 1.54. The Labute approximate surface area is 148 Å². The third kappa shape index (κ3) is 6.60. The quantitative estimate of drug-likeness (QED) is 0.635. The number of sulfonamides is 1. The van der Waals surface area contributed by atoms with Crippen LogP contribution in [0.5, 0.6) is 0 Å². The zero-order chi connectivity index (χ0) is 17.4. The second-order valence-corrected chi connectivity index (χ2v) is 9.39. The molecule has 9 heteroatoms. The molecule has 0 aromatic carbocycles. The van der Waals surface area contributed by atoms with E-state index < -0.39 is 10.0 Å². The summed E-state index contributed by atoms with van der Waals surface area (Å²) in [4.78, 5) is 23.5. The molecule has 7 nitrogen and oxygen atoms in total. The zero-order valence-corrected chi connectivity index (χ0v) is 15.6. The Bertz CT molecular complexity index is 533. The van der Waals surface area contributed by atoms with Crippen molar-refractivity contribution in [2.75, 3.05) is 36.9 Å². The molecule has 0 unspecified atom stereocenters. The first-order chi connectivity index (χ1) is 11.5. The predicted molar refractivity (Wildman–Crippen MR) is 95.3 cm³/mol. The molecule has 24 heavy (non-hydrogen) atoms. The molecule has 1 heterocycles. The van der Waals surface area contributed by atoms with Gasteiger partial charge < -0.3 is 10.6 Å². The van der Waals surface area contributed by atoms with Crippen molar-refractivity contribution in [3.05, 3.63) is 0 Å². The van der Waals surface area contributed by atoms with E-state index in [1.54, 1.807) is 0 Å². The summed E-state index contributed by atoms with van der Waals surface area (Å²) in [5.74, 6) is 0.518. The highest BCUT2D eigenvalue weighted by molar-refractivity contribution is 8.00. The highest BCUT2D eigenvalue weighted by atomic mass is 32.2. The fourth-order valence-corrected chi connectivity index (χ4v) is 5.30. The lowest BCUT2D eigenvalue weighted by Gasteiger charge is -2.26. The molecule has 2 N–H and O–H groups in total. The highest BCUT2D eigenvalue weighted by Gasteiger charge is 2.25. The van der Waals surface area contributed by atoms with Gasteiger partial charge >= 0.3 is 0 Å². The fraction of sp³-hybridized carbons (Fsp3) is 0.867. The molecule has 0 atom stereocenters. The van der Waals surface area contributed by atoms with Crippen LogP contribution in [-0.2, 0) is 19.6 Å². The first kappa shape index (κ1) is 19.5. The molecular weight excluding hydrogens is 350 g/mol. The van der Waals surface area contributed by atoms with Gasteiger partial charge in [-0.25, -0.2) is 12.7 Å². The molecule has 138 valence electrons. The molecule has 2 amide bonds. The van der Waals surface area contributed by atoms with Crippen molar-refractivity contribution < 1.29 is 18.0 Å². The van der Waals surface area contributed by atoms with E-state index in [0.29, 0.717) is 32.1 Å². The number of rotatable bonds is 8. The van der Waals surface area contributed by atoms with Crippen LogP contribution in [0, 0.1) is 0 Å².